The van der Waals surface area contributed by atoms with Crippen molar-refractivity contribution in [3.8, 4) is 17.5 Å². The van der Waals surface area contributed by atoms with Crippen LogP contribution in [0.1, 0.15) is 51.5 Å². The number of nitrogens with two attached hydrogens (primary N) is 1. The van der Waals surface area contributed by atoms with E-state index in [1.54, 1.807) is 27.7 Å². The first-order valence-electron chi connectivity index (χ1n) is 13.4. The summed E-state index contributed by atoms with van der Waals surface area (Å²) < 4.78 is 4.88. The molecule has 0 radical (unpaired) electrons. The average Bonchev–Trinajstić information content (AvgIpc) is 3.44. The van der Waals surface area contributed by atoms with Crippen LogP contribution in [0, 0.1) is 25.7 Å². The second-order valence-electron chi connectivity index (χ2n) is 10.1. The van der Waals surface area contributed by atoms with Gasteiger partial charge in [0, 0.05) is 36.4 Å². The molecule has 0 fully saturated rings. The number of carbonyl (C=O) groups is 1. The summed E-state index contributed by atoms with van der Waals surface area (Å²) >= 11 is 0. The van der Waals surface area contributed by atoms with Crippen LogP contribution in [0.2, 0.25) is 0 Å². The molecular weight excluding hydrogens is 528 g/mol. The molecule has 10 nitrogen and oxygen atoms in total. The second kappa shape index (κ2) is 10.4. The van der Waals surface area contributed by atoms with E-state index in [1.165, 1.54) is 4.52 Å². The highest BCUT2D eigenvalue weighted by molar-refractivity contribution is 6.04. The van der Waals surface area contributed by atoms with Gasteiger partial charge in [-0.15, -0.1) is 5.10 Å². The van der Waals surface area contributed by atoms with E-state index in [2.05, 4.69) is 32.3 Å². The number of hydrogen-bond acceptors (Lipinski definition) is 6. The molecule has 1 atom stereocenters. The lowest BCUT2D eigenvalue weighted by atomic mass is 10.0. The van der Waals surface area contributed by atoms with E-state index in [1.807, 2.05) is 82.4 Å². The van der Waals surface area contributed by atoms with Crippen molar-refractivity contribution in [2.75, 3.05) is 5.73 Å². The monoisotopic (exact) mass is 556 g/mol. The van der Waals surface area contributed by atoms with E-state index in [4.69, 9.17) is 5.73 Å². The van der Waals surface area contributed by atoms with Crippen LogP contribution in [0.25, 0.3) is 22.1 Å². The number of nitrogens with one attached hydrogen (secondary N) is 1. The van der Waals surface area contributed by atoms with E-state index in [0.717, 1.165) is 17.0 Å². The molecule has 6 rings (SSSR count). The Morgan fingerprint density at radius 2 is 1.81 bits per heavy atom. The number of aromatic nitrogens is 6. The second-order valence-corrected chi connectivity index (χ2v) is 10.1. The van der Waals surface area contributed by atoms with Gasteiger partial charge < -0.3 is 11.1 Å². The molecule has 1 amide bonds. The van der Waals surface area contributed by atoms with Gasteiger partial charge in [-0.25, -0.2) is 9.50 Å². The van der Waals surface area contributed by atoms with E-state index in [0.29, 0.717) is 33.4 Å². The van der Waals surface area contributed by atoms with Crippen molar-refractivity contribution in [2.45, 2.75) is 26.8 Å². The summed E-state index contributed by atoms with van der Waals surface area (Å²) in [5.74, 6) is 6.08. The first kappa shape index (κ1) is 26.5. The van der Waals surface area contributed by atoms with Gasteiger partial charge in [0.05, 0.1) is 28.4 Å². The van der Waals surface area contributed by atoms with Crippen LogP contribution >= 0.6 is 0 Å². The molecule has 208 valence electrons. The van der Waals surface area contributed by atoms with Gasteiger partial charge in [-0.3, -0.25) is 18.8 Å². The van der Waals surface area contributed by atoms with Gasteiger partial charge in [0.1, 0.15) is 5.56 Å². The van der Waals surface area contributed by atoms with Crippen LogP contribution in [0.15, 0.2) is 77.9 Å². The number of hydrogen-bond donors (Lipinski definition) is 2. The van der Waals surface area contributed by atoms with Crippen molar-refractivity contribution < 1.29 is 4.79 Å². The maximum absolute atomic E-state index is 14.3. The van der Waals surface area contributed by atoms with Crippen molar-refractivity contribution in [1.82, 2.24) is 34.3 Å². The van der Waals surface area contributed by atoms with E-state index in [-0.39, 0.29) is 16.9 Å². The Labute approximate surface area is 241 Å². The molecule has 0 bridgehead atoms. The molecule has 4 aromatic heterocycles. The number of fused-ring (bicyclic) bond motifs is 2. The Bertz CT molecular complexity index is 2130. The van der Waals surface area contributed by atoms with Gasteiger partial charge in [0.15, 0.2) is 11.5 Å². The molecule has 0 aliphatic rings. The van der Waals surface area contributed by atoms with Crippen LogP contribution < -0.4 is 16.6 Å². The zero-order chi connectivity index (χ0) is 29.5. The van der Waals surface area contributed by atoms with Gasteiger partial charge in [0.2, 0.25) is 0 Å². The molecule has 2 aromatic carbocycles. The van der Waals surface area contributed by atoms with Crippen molar-refractivity contribution in [2.24, 2.45) is 7.05 Å². The van der Waals surface area contributed by atoms with Crippen LogP contribution in [0.3, 0.4) is 0 Å². The van der Waals surface area contributed by atoms with Gasteiger partial charge >= 0.3 is 0 Å². The standard InChI is InChI=1S/C32H28N8O2/c1-19-25(21(3)38(4)36-19)15-14-22-10-8-11-23-18-26(40(32(42)27(22)23)24-12-6-5-7-13-24)20(2)35-31(41)28-29(33)37-39-17-9-16-34-30(28)39/h5-13,16-18,20H,1-4H3,(H2,33,37)(H,35,41). The number of anilines is 1. The lowest BCUT2D eigenvalue weighted by molar-refractivity contribution is 0.0941. The third-order valence-electron chi connectivity index (χ3n) is 7.36. The highest BCUT2D eigenvalue weighted by Gasteiger charge is 2.24. The molecular formula is C32H28N8O2. The number of carbonyl (C=O) groups excluding carboxylic acids is 1. The molecule has 0 spiro atoms. The number of nitrogens with zero attached hydrogens (tertiary/aromatic N) is 6. The zero-order valence-corrected chi connectivity index (χ0v) is 23.6. The number of pyridine rings is 1. The fourth-order valence-electron chi connectivity index (χ4n) is 5.20. The van der Waals surface area contributed by atoms with Crippen molar-refractivity contribution >= 4 is 28.1 Å². The smallest absolute Gasteiger partial charge is 0.264 e. The molecule has 6 aromatic rings. The zero-order valence-electron chi connectivity index (χ0n) is 23.6. The largest absolute Gasteiger partial charge is 0.381 e. The number of para-hydroxylation sites is 1. The Morgan fingerprint density at radius 3 is 2.55 bits per heavy atom. The first-order chi connectivity index (χ1) is 20.2. The van der Waals surface area contributed by atoms with E-state index in [9.17, 15) is 9.59 Å². The number of amides is 1. The molecule has 0 saturated heterocycles. The predicted octanol–water partition coefficient (Wildman–Crippen LogP) is 3.86. The molecule has 0 aliphatic carbocycles. The Hall–Kier alpha value is -5.69. The number of benzene rings is 2. The fourth-order valence-corrected chi connectivity index (χ4v) is 5.20. The molecule has 10 heteroatoms. The minimum absolute atomic E-state index is 0.0691. The predicted molar refractivity (Wildman–Crippen MR) is 161 cm³/mol. The molecule has 0 aliphatic heterocycles. The lowest BCUT2D eigenvalue weighted by Gasteiger charge is -2.21. The van der Waals surface area contributed by atoms with Gasteiger partial charge in [-0.2, -0.15) is 5.10 Å². The third kappa shape index (κ3) is 4.47. The molecule has 4 heterocycles. The minimum atomic E-state index is -0.580. The highest BCUT2D eigenvalue weighted by atomic mass is 16.2. The summed E-state index contributed by atoms with van der Waals surface area (Å²) in [4.78, 5) is 32.0. The third-order valence-corrected chi connectivity index (χ3v) is 7.36. The molecule has 3 N–H and O–H groups in total. The van der Waals surface area contributed by atoms with Crippen molar-refractivity contribution in [1.29, 1.82) is 0 Å². The average molecular weight is 557 g/mol. The van der Waals surface area contributed by atoms with Crippen LogP contribution in [-0.4, -0.2) is 34.9 Å². The quantitative estimate of drug-likeness (QED) is 0.318. The lowest BCUT2D eigenvalue weighted by Crippen LogP contribution is -2.32. The normalized spacial score (nSPS) is 11.8. The highest BCUT2D eigenvalue weighted by Crippen LogP contribution is 2.25. The fraction of sp³-hybridized carbons (Fsp3) is 0.156. The maximum Gasteiger partial charge on any atom is 0.264 e. The Balaban J connectivity index is 1.49. The SMILES string of the molecule is Cc1nn(C)c(C)c1C#Cc1cccc2cc(C(C)NC(=O)c3c(N)nn4cccnc34)n(-c3ccccc3)c(=O)c12. The number of aryl methyl sites for hydroxylation is 2. The molecule has 42 heavy (non-hydrogen) atoms. The summed E-state index contributed by atoms with van der Waals surface area (Å²) in [6, 6.07) is 18.0. The van der Waals surface area contributed by atoms with Crippen LogP contribution in [0.5, 0.6) is 0 Å². The van der Waals surface area contributed by atoms with Crippen molar-refractivity contribution in [3.05, 3.63) is 117 Å². The van der Waals surface area contributed by atoms with Gasteiger partial charge in [0.25, 0.3) is 11.5 Å². The van der Waals surface area contributed by atoms with Crippen molar-refractivity contribution in [3.63, 3.8) is 0 Å². The summed E-state index contributed by atoms with van der Waals surface area (Å²) in [5.41, 5.74) is 10.9. The van der Waals surface area contributed by atoms with E-state index < -0.39 is 11.9 Å². The summed E-state index contributed by atoms with van der Waals surface area (Å²) in [6.07, 6.45) is 3.25. The molecule has 1 unspecified atom stereocenters. The van der Waals surface area contributed by atoms with E-state index >= 15 is 0 Å². The number of nitrogen functional groups attached to an aromatic ring is 1. The molecule has 0 saturated carbocycles. The van der Waals surface area contributed by atoms with Gasteiger partial charge in [-0.05, 0) is 56.5 Å². The summed E-state index contributed by atoms with van der Waals surface area (Å²) in [5, 5.41) is 12.8. The Kier molecular flexibility index (Phi) is 6.55. The summed E-state index contributed by atoms with van der Waals surface area (Å²) in [6.45, 7) is 5.71. The van der Waals surface area contributed by atoms with Gasteiger partial charge in [-0.1, -0.05) is 42.2 Å². The number of rotatable bonds is 4. The van der Waals surface area contributed by atoms with Crippen LogP contribution in [0.4, 0.5) is 5.82 Å². The maximum atomic E-state index is 14.3. The minimum Gasteiger partial charge on any atom is -0.381 e. The topological polar surface area (TPSA) is 125 Å². The van der Waals surface area contributed by atoms with Crippen LogP contribution in [-0.2, 0) is 7.05 Å². The first-order valence-corrected chi connectivity index (χ1v) is 13.4. The Morgan fingerprint density at radius 1 is 1.02 bits per heavy atom. The summed E-state index contributed by atoms with van der Waals surface area (Å²) in [7, 11) is 1.88.